The lowest BCUT2D eigenvalue weighted by molar-refractivity contribution is -0.121. The van der Waals surface area contributed by atoms with Crippen LogP contribution in [0.3, 0.4) is 0 Å². The van der Waals surface area contributed by atoms with Gasteiger partial charge in [0.05, 0.1) is 0 Å². The summed E-state index contributed by atoms with van der Waals surface area (Å²) < 4.78 is 0. The van der Waals surface area contributed by atoms with Crippen LogP contribution in [0.4, 0.5) is 0 Å². The molecule has 0 aromatic carbocycles. The van der Waals surface area contributed by atoms with E-state index in [1.165, 1.54) is 12.8 Å². The molecule has 0 aromatic rings. The van der Waals surface area contributed by atoms with Gasteiger partial charge in [-0.2, -0.15) is 0 Å². The third-order valence-electron chi connectivity index (χ3n) is 2.98. The van der Waals surface area contributed by atoms with Crippen LogP contribution in [0.15, 0.2) is 0 Å². The molecule has 0 saturated carbocycles. The molecule has 0 heterocycles. The number of hydrogen-bond donors (Lipinski definition) is 0. The van der Waals surface area contributed by atoms with E-state index in [0.717, 1.165) is 19.1 Å². The van der Waals surface area contributed by atoms with Crippen molar-refractivity contribution in [2.75, 3.05) is 0 Å². The lowest BCUT2D eigenvalue weighted by Gasteiger charge is -2.12. The Kier molecular flexibility index (Phi) is 9.16. The number of aldehydes is 1. The van der Waals surface area contributed by atoms with Crippen LogP contribution in [0.5, 0.6) is 0 Å². The fraction of sp³-hybridized carbons (Fsp3) is 0.857. The number of unbranched alkanes of at least 4 members (excludes halogenated alkanes) is 1. The first-order chi connectivity index (χ1) is 7.60. The second kappa shape index (κ2) is 9.56. The SMILES string of the molecule is CCCCC(C)CC(=O)CC(C)CCC=O. The predicted octanol–water partition coefficient (Wildman–Crippen LogP) is 3.78. The number of ketones is 1. The van der Waals surface area contributed by atoms with Crippen LogP contribution >= 0.6 is 0 Å². The van der Waals surface area contributed by atoms with Gasteiger partial charge in [0.15, 0.2) is 0 Å². The highest BCUT2D eigenvalue weighted by Gasteiger charge is 2.12. The van der Waals surface area contributed by atoms with E-state index in [1.807, 2.05) is 0 Å². The molecule has 0 radical (unpaired) electrons. The van der Waals surface area contributed by atoms with Crippen molar-refractivity contribution in [3.05, 3.63) is 0 Å². The van der Waals surface area contributed by atoms with Crippen LogP contribution in [0.2, 0.25) is 0 Å². The molecule has 2 heteroatoms. The minimum atomic E-state index is 0.357. The summed E-state index contributed by atoms with van der Waals surface area (Å²) in [5.74, 6) is 1.24. The first-order valence-electron chi connectivity index (χ1n) is 6.55. The standard InChI is InChI=1S/C14H26O2/c1-4-5-7-12(2)10-14(16)11-13(3)8-6-9-15/h9,12-13H,4-8,10-11H2,1-3H3. The lowest BCUT2D eigenvalue weighted by Crippen LogP contribution is -2.10. The highest BCUT2D eigenvalue weighted by molar-refractivity contribution is 5.78. The molecule has 0 bridgehead atoms. The molecule has 0 spiro atoms. The Bertz CT molecular complexity index is 199. The first kappa shape index (κ1) is 15.3. The van der Waals surface area contributed by atoms with Gasteiger partial charge >= 0.3 is 0 Å². The Balaban J connectivity index is 3.67. The van der Waals surface area contributed by atoms with Crippen LogP contribution in [0.25, 0.3) is 0 Å². The summed E-state index contributed by atoms with van der Waals surface area (Å²) >= 11 is 0. The molecule has 0 rings (SSSR count). The van der Waals surface area contributed by atoms with Crippen LogP contribution in [-0.2, 0) is 9.59 Å². The summed E-state index contributed by atoms with van der Waals surface area (Å²) in [6.45, 7) is 6.39. The summed E-state index contributed by atoms with van der Waals surface area (Å²) in [5.41, 5.74) is 0. The Morgan fingerprint density at radius 2 is 1.69 bits per heavy atom. The second-order valence-corrected chi connectivity index (χ2v) is 5.04. The number of Topliss-reactive ketones (excluding diaryl/α,β-unsaturated/α-hetero) is 1. The lowest BCUT2D eigenvalue weighted by atomic mass is 9.92. The molecule has 0 aliphatic carbocycles. The summed E-state index contributed by atoms with van der Waals surface area (Å²) in [4.78, 5) is 21.9. The largest absolute Gasteiger partial charge is 0.303 e. The molecule has 0 aliphatic heterocycles. The zero-order chi connectivity index (χ0) is 12.4. The summed E-state index contributed by atoms with van der Waals surface area (Å²) in [5, 5.41) is 0. The molecule has 0 saturated heterocycles. The average molecular weight is 226 g/mol. The topological polar surface area (TPSA) is 34.1 Å². The van der Waals surface area contributed by atoms with Crippen molar-refractivity contribution >= 4 is 12.1 Å². The molecular weight excluding hydrogens is 200 g/mol. The zero-order valence-electron chi connectivity index (χ0n) is 11.0. The van der Waals surface area contributed by atoms with Crippen LogP contribution in [0, 0.1) is 11.8 Å². The summed E-state index contributed by atoms with van der Waals surface area (Å²) in [6, 6.07) is 0. The average Bonchev–Trinajstić information content (AvgIpc) is 2.23. The summed E-state index contributed by atoms with van der Waals surface area (Å²) in [6.07, 6.45) is 7.30. The van der Waals surface area contributed by atoms with Crippen LogP contribution < -0.4 is 0 Å². The van der Waals surface area contributed by atoms with Gasteiger partial charge in [-0.1, -0.05) is 40.0 Å². The van der Waals surface area contributed by atoms with Crippen molar-refractivity contribution in [3.8, 4) is 0 Å². The highest BCUT2D eigenvalue weighted by atomic mass is 16.1. The van der Waals surface area contributed by atoms with Crippen molar-refractivity contribution in [3.63, 3.8) is 0 Å². The second-order valence-electron chi connectivity index (χ2n) is 5.04. The number of carbonyl (C=O) groups excluding carboxylic acids is 2. The van der Waals surface area contributed by atoms with Gasteiger partial charge in [0.2, 0.25) is 0 Å². The van der Waals surface area contributed by atoms with Gasteiger partial charge in [0.1, 0.15) is 12.1 Å². The monoisotopic (exact) mass is 226 g/mol. The third kappa shape index (κ3) is 8.63. The molecule has 0 fully saturated rings. The Hall–Kier alpha value is -0.660. The van der Waals surface area contributed by atoms with E-state index in [-0.39, 0.29) is 0 Å². The molecule has 2 nitrogen and oxygen atoms in total. The van der Waals surface area contributed by atoms with E-state index >= 15 is 0 Å². The van der Waals surface area contributed by atoms with Gasteiger partial charge < -0.3 is 4.79 Å². The van der Waals surface area contributed by atoms with Crippen LogP contribution in [0.1, 0.15) is 65.7 Å². The number of carbonyl (C=O) groups is 2. The molecule has 94 valence electrons. The highest BCUT2D eigenvalue weighted by Crippen LogP contribution is 2.17. The Morgan fingerprint density at radius 1 is 1.12 bits per heavy atom. The minimum absolute atomic E-state index is 0.357. The van der Waals surface area contributed by atoms with Crippen molar-refractivity contribution < 1.29 is 9.59 Å². The molecule has 0 N–H and O–H groups in total. The number of hydrogen-bond acceptors (Lipinski definition) is 2. The van der Waals surface area contributed by atoms with Crippen LogP contribution in [-0.4, -0.2) is 12.1 Å². The zero-order valence-corrected chi connectivity index (χ0v) is 11.0. The maximum absolute atomic E-state index is 11.7. The molecular formula is C14H26O2. The quantitative estimate of drug-likeness (QED) is 0.531. The molecule has 0 aliphatic rings. The Morgan fingerprint density at radius 3 is 2.19 bits per heavy atom. The van der Waals surface area contributed by atoms with E-state index in [9.17, 15) is 9.59 Å². The molecule has 2 unspecified atom stereocenters. The van der Waals surface area contributed by atoms with Crippen molar-refractivity contribution in [1.82, 2.24) is 0 Å². The molecule has 0 amide bonds. The maximum Gasteiger partial charge on any atom is 0.133 e. The number of rotatable bonds is 10. The fourth-order valence-electron chi connectivity index (χ4n) is 1.97. The van der Waals surface area contributed by atoms with Crippen molar-refractivity contribution in [2.24, 2.45) is 11.8 Å². The normalized spacial score (nSPS) is 14.4. The van der Waals surface area contributed by atoms with E-state index < -0.39 is 0 Å². The van der Waals surface area contributed by atoms with E-state index in [4.69, 9.17) is 0 Å². The van der Waals surface area contributed by atoms with E-state index in [1.54, 1.807) is 0 Å². The van der Waals surface area contributed by atoms with Crippen molar-refractivity contribution in [1.29, 1.82) is 0 Å². The molecule has 2 atom stereocenters. The fourth-order valence-corrected chi connectivity index (χ4v) is 1.97. The van der Waals surface area contributed by atoms with E-state index in [0.29, 0.717) is 36.9 Å². The first-order valence-corrected chi connectivity index (χ1v) is 6.55. The molecule has 16 heavy (non-hydrogen) atoms. The Labute approximate surface area is 99.8 Å². The van der Waals surface area contributed by atoms with Gasteiger partial charge in [0, 0.05) is 19.3 Å². The third-order valence-corrected chi connectivity index (χ3v) is 2.98. The van der Waals surface area contributed by atoms with Gasteiger partial charge in [-0.25, -0.2) is 0 Å². The van der Waals surface area contributed by atoms with E-state index in [2.05, 4.69) is 20.8 Å². The smallest absolute Gasteiger partial charge is 0.133 e. The van der Waals surface area contributed by atoms with Crippen molar-refractivity contribution in [2.45, 2.75) is 65.7 Å². The summed E-state index contributed by atoms with van der Waals surface area (Å²) in [7, 11) is 0. The van der Waals surface area contributed by atoms with Gasteiger partial charge in [0.25, 0.3) is 0 Å². The van der Waals surface area contributed by atoms with Gasteiger partial charge in [-0.3, -0.25) is 4.79 Å². The molecule has 0 aromatic heterocycles. The van der Waals surface area contributed by atoms with Gasteiger partial charge in [-0.05, 0) is 18.3 Å². The van der Waals surface area contributed by atoms with Gasteiger partial charge in [-0.15, -0.1) is 0 Å². The predicted molar refractivity (Wildman–Crippen MR) is 67.4 cm³/mol. The maximum atomic E-state index is 11.7. The minimum Gasteiger partial charge on any atom is -0.303 e.